The summed E-state index contributed by atoms with van der Waals surface area (Å²) in [5, 5.41) is 27.4. The standard InChI is InChI=1S/C6H14O2.C4H11BBrNO2.ClH/c1-5(2,7)6(3,4)8;6-3-1-2-4(7)9-5-8;/h7-8H,1-4H3;4-5,8H,1-3,7H2;1H. The van der Waals surface area contributed by atoms with Gasteiger partial charge < -0.3 is 25.6 Å². The number of halogens is 2. The molecule has 0 aromatic rings. The fourth-order valence-electron chi connectivity index (χ4n) is 0.457. The van der Waals surface area contributed by atoms with Crippen molar-refractivity contribution in [1.82, 2.24) is 0 Å². The third kappa shape index (κ3) is 14.7. The van der Waals surface area contributed by atoms with Gasteiger partial charge >= 0.3 is 7.69 Å². The summed E-state index contributed by atoms with van der Waals surface area (Å²) in [7, 11) is -0.288. The zero-order chi connectivity index (χ0) is 14.1. The van der Waals surface area contributed by atoms with E-state index in [1.165, 1.54) is 0 Å². The summed E-state index contributed by atoms with van der Waals surface area (Å²) < 4.78 is 4.66. The van der Waals surface area contributed by atoms with Crippen LogP contribution in [-0.4, -0.2) is 45.7 Å². The molecular weight excluding hydrogens is 324 g/mol. The lowest BCUT2D eigenvalue weighted by Crippen LogP contribution is -2.44. The molecule has 0 saturated carbocycles. The van der Waals surface area contributed by atoms with Gasteiger partial charge in [0.25, 0.3) is 0 Å². The van der Waals surface area contributed by atoms with Crippen molar-refractivity contribution in [3.05, 3.63) is 0 Å². The SMILES string of the molecule is CC(C)(O)C(C)(C)O.Cl.NC(CCCBr)OBO. The Labute approximate surface area is 125 Å². The highest BCUT2D eigenvalue weighted by Gasteiger charge is 2.31. The monoisotopic (exact) mass is 349 g/mol. The summed E-state index contributed by atoms with van der Waals surface area (Å²) >= 11 is 3.26. The van der Waals surface area contributed by atoms with Crippen molar-refractivity contribution in [1.29, 1.82) is 0 Å². The summed E-state index contributed by atoms with van der Waals surface area (Å²) in [6, 6.07) is 0. The van der Waals surface area contributed by atoms with Crippen molar-refractivity contribution in [3.63, 3.8) is 0 Å². The van der Waals surface area contributed by atoms with Crippen LogP contribution in [0.2, 0.25) is 0 Å². The van der Waals surface area contributed by atoms with E-state index in [1.54, 1.807) is 27.7 Å². The Kier molecular flexibility index (Phi) is 15.1. The van der Waals surface area contributed by atoms with Crippen molar-refractivity contribution >= 4 is 36.0 Å². The topological polar surface area (TPSA) is 95.9 Å². The fourth-order valence-corrected chi connectivity index (χ4v) is 0.781. The normalized spacial score (nSPS) is 12.9. The van der Waals surface area contributed by atoms with Gasteiger partial charge in [0.15, 0.2) is 0 Å². The Morgan fingerprint density at radius 3 is 1.83 bits per heavy atom. The van der Waals surface area contributed by atoms with Gasteiger partial charge in [-0.3, -0.25) is 0 Å². The number of aliphatic hydroxyl groups is 2. The molecule has 0 saturated heterocycles. The third-order valence-corrected chi connectivity index (χ3v) is 2.97. The number of hydrogen-bond donors (Lipinski definition) is 4. The summed E-state index contributed by atoms with van der Waals surface area (Å²) in [6.45, 7) is 6.31. The van der Waals surface area contributed by atoms with E-state index in [9.17, 15) is 0 Å². The zero-order valence-corrected chi connectivity index (χ0v) is 13.9. The Bertz CT molecular complexity index is 176. The molecule has 5 nitrogen and oxygen atoms in total. The molecule has 0 aromatic heterocycles. The fraction of sp³-hybridized carbons (Fsp3) is 1.00. The molecule has 0 spiro atoms. The maximum atomic E-state index is 9.10. The van der Waals surface area contributed by atoms with Crippen LogP contribution in [0.1, 0.15) is 40.5 Å². The lowest BCUT2D eigenvalue weighted by atomic mass is 9.90. The predicted molar refractivity (Wildman–Crippen MR) is 81.3 cm³/mol. The van der Waals surface area contributed by atoms with E-state index < -0.39 is 11.2 Å². The van der Waals surface area contributed by atoms with Crippen LogP contribution in [0.3, 0.4) is 0 Å². The Hall–Kier alpha value is 0.635. The number of alkyl halides is 1. The van der Waals surface area contributed by atoms with E-state index in [-0.39, 0.29) is 26.3 Å². The molecule has 1 unspecified atom stereocenters. The Morgan fingerprint density at radius 1 is 1.22 bits per heavy atom. The van der Waals surface area contributed by atoms with Gasteiger partial charge in [-0.1, -0.05) is 15.9 Å². The van der Waals surface area contributed by atoms with Gasteiger partial charge in [0, 0.05) is 5.33 Å². The molecule has 0 aliphatic rings. The van der Waals surface area contributed by atoms with E-state index in [0.29, 0.717) is 0 Å². The molecule has 112 valence electrons. The third-order valence-electron chi connectivity index (χ3n) is 2.41. The average molecular weight is 350 g/mol. The van der Waals surface area contributed by atoms with Gasteiger partial charge in [-0.2, -0.15) is 0 Å². The van der Waals surface area contributed by atoms with Crippen LogP contribution >= 0.6 is 28.3 Å². The number of nitrogens with two attached hydrogens (primary N) is 1. The van der Waals surface area contributed by atoms with Crippen molar-refractivity contribution in [2.75, 3.05) is 5.33 Å². The van der Waals surface area contributed by atoms with E-state index in [0.717, 1.165) is 18.2 Å². The Balaban J connectivity index is -0.000000238. The first-order valence-electron chi connectivity index (χ1n) is 5.55. The molecule has 8 heteroatoms. The molecule has 5 N–H and O–H groups in total. The molecule has 0 bridgehead atoms. The van der Waals surface area contributed by atoms with Crippen molar-refractivity contribution in [3.8, 4) is 0 Å². The van der Waals surface area contributed by atoms with Crippen LogP contribution < -0.4 is 5.73 Å². The van der Waals surface area contributed by atoms with Crippen molar-refractivity contribution in [2.45, 2.75) is 58.0 Å². The highest BCUT2D eigenvalue weighted by Crippen LogP contribution is 2.19. The summed E-state index contributed by atoms with van der Waals surface area (Å²) in [5.41, 5.74) is 3.35. The second-order valence-electron chi connectivity index (χ2n) is 4.78. The second kappa shape index (κ2) is 11.5. The lowest BCUT2D eigenvalue weighted by Gasteiger charge is -2.31. The second-order valence-corrected chi connectivity index (χ2v) is 5.58. The molecule has 0 fully saturated rings. The zero-order valence-electron chi connectivity index (χ0n) is 11.5. The minimum Gasteiger partial charge on any atom is -0.430 e. The minimum absolute atomic E-state index is 0. The van der Waals surface area contributed by atoms with E-state index in [2.05, 4.69) is 20.6 Å². The highest BCUT2D eigenvalue weighted by atomic mass is 79.9. The molecule has 0 heterocycles. The van der Waals surface area contributed by atoms with Gasteiger partial charge in [-0.25, -0.2) is 0 Å². The highest BCUT2D eigenvalue weighted by molar-refractivity contribution is 9.09. The van der Waals surface area contributed by atoms with Crippen LogP contribution in [0.5, 0.6) is 0 Å². The Morgan fingerprint density at radius 2 is 1.61 bits per heavy atom. The van der Waals surface area contributed by atoms with Crippen molar-refractivity contribution < 1.29 is 19.9 Å². The van der Waals surface area contributed by atoms with Gasteiger partial charge in [0.2, 0.25) is 0 Å². The number of hydrogen-bond acceptors (Lipinski definition) is 5. The first-order chi connectivity index (χ1) is 7.56. The van der Waals surface area contributed by atoms with E-state index >= 15 is 0 Å². The van der Waals surface area contributed by atoms with E-state index in [1.807, 2.05) is 0 Å². The van der Waals surface area contributed by atoms with Crippen LogP contribution in [0.15, 0.2) is 0 Å². The van der Waals surface area contributed by atoms with Gasteiger partial charge in [0.1, 0.15) is 0 Å². The molecule has 0 rings (SSSR count). The average Bonchev–Trinajstić information content (AvgIpc) is 2.13. The van der Waals surface area contributed by atoms with Crippen LogP contribution in [0, 0.1) is 0 Å². The smallest absolute Gasteiger partial charge is 0.430 e. The molecule has 0 aromatic carbocycles. The molecule has 18 heavy (non-hydrogen) atoms. The van der Waals surface area contributed by atoms with Gasteiger partial charge in [-0.05, 0) is 40.5 Å². The molecule has 0 aliphatic carbocycles. The maximum absolute atomic E-state index is 9.10. The summed E-state index contributed by atoms with van der Waals surface area (Å²) in [6.07, 6.45) is 1.44. The first kappa shape index (κ1) is 23.7. The lowest BCUT2D eigenvalue weighted by molar-refractivity contribution is -0.107. The number of rotatable bonds is 6. The maximum Gasteiger partial charge on any atom is 0.436 e. The largest absolute Gasteiger partial charge is 0.436 e. The quantitative estimate of drug-likeness (QED) is 0.321. The van der Waals surface area contributed by atoms with Gasteiger partial charge in [-0.15, -0.1) is 12.4 Å². The van der Waals surface area contributed by atoms with Crippen molar-refractivity contribution in [2.24, 2.45) is 5.73 Å². The molecular formula is C10H26BBrClNO4. The molecule has 0 amide bonds. The summed E-state index contributed by atoms with van der Waals surface area (Å²) in [5.74, 6) is 0. The molecule has 1 atom stereocenters. The van der Waals surface area contributed by atoms with Gasteiger partial charge in [0.05, 0.1) is 17.4 Å². The predicted octanol–water partition coefficient (Wildman–Crippen LogP) is 0.672. The van der Waals surface area contributed by atoms with Crippen LogP contribution in [0.4, 0.5) is 0 Å². The first-order valence-corrected chi connectivity index (χ1v) is 6.67. The minimum atomic E-state index is -1.01. The molecule has 0 aliphatic heterocycles. The summed E-state index contributed by atoms with van der Waals surface area (Å²) in [4.78, 5) is 0. The van der Waals surface area contributed by atoms with Crippen LogP contribution in [0.25, 0.3) is 0 Å². The molecule has 0 radical (unpaired) electrons. The van der Waals surface area contributed by atoms with Crippen LogP contribution in [-0.2, 0) is 4.65 Å². The van der Waals surface area contributed by atoms with E-state index in [4.69, 9.17) is 21.0 Å².